The van der Waals surface area contributed by atoms with E-state index in [2.05, 4.69) is 18.3 Å². The van der Waals surface area contributed by atoms with Gasteiger partial charge in [0.2, 0.25) is 0 Å². The van der Waals surface area contributed by atoms with Crippen molar-refractivity contribution in [2.45, 2.75) is 51.0 Å². The molecule has 0 amide bonds. The number of methoxy groups -OCH3 is 2. The monoisotopic (exact) mass is 277 g/mol. The van der Waals surface area contributed by atoms with E-state index in [9.17, 15) is 0 Å². The van der Waals surface area contributed by atoms with Gasteiger partial charge in [0.05, 0.1) is 14.2 Å². The summed E-state index contributed by atoms with van der Waals surface area (Å²) in [6.07, 6.45) is 7.37. The molecule has 1 aliphatic rings. The number of benzene rings is 1. The van der Waals surface area contributed by atoms with Gasteiger partial charge in [0, 0.05) is 17.2 Å². The summed E-state index contributed by atoms with van der Waals surface area (Å²) in [5.74, 6) is 1.79. The fourth-order valence-electron chi connectivity index (χ4n) is 3.34. The largest absolute Gasteiger partial charge is 0.497 e. The molecule has 112 valence electrons. The van der Waals surface area contributed by atoms with Gasteiger partial charge in [-0.05, 0) is 37.9 Å². The average Bonchev–Trinajstić information content (AvgIpc) is 2.73. The lowest BCUT2D eigenvalue weighted by Gasteiger charge is -2.35. The molecule has 1 atom stereocenters. The Balaban J connectivity index is 2.41. The molecule has 1 aromatic carbocycles. The molecule has 1 aliphatic heterocycles. The summed E-state index contributed by atoms with van der Waals surface area (Å²) in [4.78, 5) is 0. The molecule has 0 saturated carbocycles. The maximum Gasteiger partial charge on any atom is 0.127 e. The van der Waals surface area contributed by atoms with Crippen LogP contribution in [0.4, 0.5) is 0 Å². The number of nitrogens with one attached hydrogen (secondary N) is 1. The lowest BCUT2D eigenvalue weighted by molar-refractivity contribution is 0.281. The molecule has 3 nitrogen and oxygen atoms in total. The Morgan fingerprint density at radius 1 is 1.15 bits per heavy atom. The van der Waals surface area contributed by atoms with Crippen LogP contribution in [-0.2, 0) is 5.54 Å². The zero-order valence-electron chi connectivity index (χ0n) is 13.0. The van der Waals surface area contributed by atoms with Crippen molar-refractivity contribution < 1.29 is 9.47 Å². The quantitative estimate of drug-likeness (QED) is 0.886. The second-order valence-electron chi connectivity index (χ2n) is 5.64. The van der Waals surface area contributed by atoms with Crippen molar-refractivity contribution in [2.24, 2.45) is 0 Å². The summed E-state index contributed by atoms with van der Waals surface area (Å²) in [5, 5.41) is 3.80. The van der Waals surface area contributed by atoms with Crippen molar-refractivity contribution in [1.29, 1.82) is 0 Å². The molecule has 1 heterocycles. The number of hydrogen-bond donors (Lipinski definition) is 1. The van der Waals surface area contributed by atoms with E-state index in [0.717, 1.165) is 24.5 Å². The second kappa shape index (κ2) is 6.98. The zero-order valence-corrected chi connectivity index (χ0v) is 13.0. The second-order valence-corrected chi connectivity index (χ2v) is 5.64. The van der Waals surface area contributed by atoms with Gasteiger partial charge < -0.3 is 14.8 Å². The van der Waals surface area contributed by atoms with Crippen LogP contribution in [0, 0.1) is 0 Å². The van der Waals surface area contributed by atoms with Gasteiger partial charge in [-0.25, -0.2) is 0 Å². The predicted molar refractivity (Wildman–Crippen MR) is 82.6 cm³/mol. The average molecular weight is 277 g/mol. The fourth-order valence-corrected chi connectivity index (χ4v) is 3.34. The van der Waals surface area contributed by atoms with Gasteiger partial charge in [-0.1, -0.05) is 26.2 Å². The summed E-state index contributed by atoms with van der Waals surface area (Å²) in [6, 6.07) is 6.22. The molecule has 0 radical (unpaired) electrons. The van der Waals surface area contributed by atoms with Crippen LogP contribution in [0.25, 0.3) is 0 Å². The SMILES string of the molecule is CCCC1(c2ccc(OC)cc2OC)CCCCCN1. The molecule has 0 aliphatic carbocycles. The highest BCUT2D eigenvalue weighted by Gasteiger charge is 2.34. The first-order chi connectivity index (χ1) is 9.75. The van der Waals surface area contributed by atoms with E-state index in [-0.39, 0.29) is 5.54 Å². The Morgan fingerprint density at radius 3 is 2.70 bits per heavy atom. The molecule has 3 heteroatoms. The molecular weight excluding hydrogens is 250 g/mol. The summed E-state index contributed by atoms with van der Waals surface area (Å²) in [7, 11) is 3.44. The summed E-state index contributed by atoms with van der Waals surface area (Å²) in [6.45, 7) is 3.35. The van der Waals surface area contributed by atoms with Crippen LogP contribution < -0.4 is 14.8 Å². The highest BCUT2D eigenvalue weighted by Crippen LogP contribution is 2.40. The molecule has 20 heavy (non-hydrogen) atoms. The van der Waals surface area contributed by atoms with Crippen molar-refractivity contribution >= 4 is 0 Å². The van der Waals surface area contributed by atoms with Gasteiger partial charge in [0.1, 0.15) is 11.5 Å². The van der Waals surface area contributed by atoms with Crippen LogP contribution in [0.15, 0.2) is 18.2 Å². The van der Waals surface area contributed by atoms with Gasteiger partial charge in [0.15, 0.2) is 0 Å². The third-order valence-electron chi connectivity index (χ3n) is 4.34. The van der Waals surface area contributed by atoms with Crippen molar-refractivity contribution in [3.05, 3.63) is 23.8 Å². The fraction of sp³-hybridized carbons (Fsp3) is 0.647. The Kier molecular flexibility index (Phi) is 5.30. The third kappa shape index (κ3) is 3.09. The van der Waals surface area contributed by atoms with E-state index in [1.54, 1.807) is 14.2 Å². The molecular formula is C17H27NO2. The Hall–Kier alpha value is -1.22. The Morgan fingerprint density at radius 2 is 2.00 bits per heavy atom. The van der Waals surface area contributed by atoms with Crippen molar-refractivity contribution in [1.82, 2.24) is 5.32 Å². The summed E-state index contributed by atoms with van der Waals surface area (Å²) < 4.78 is 10.9. The predicted octanol–water partition coefficient (Wildman–Crippen LogP) is 3.86. The maximum atomic E-state index is 5.63. The van der Waals surface area contributed by atoms with Crippen LogP contribution in [0.3, 0.4) is 0 Å². The smallest absolute Gasteiger partial charge is 0.127 e. The van der Waals surface area contributed by atoms with Crippen LogP contribution in [0.2, 0.25) is 0 Å². The summed E-state index contributed by atoms with van der Waals surface area (Å²) in [5.41, 5.74) is 1.34. The van der Waals surface area contributed by atoms with E-state index in [1.165, 1.54) is 37.7 Å². The molecule has 1 fully saturated rings. The molecule has 1 N–H and O–H groups in total. The van der Waals surface area contributed by atoms with E-state index >= 15 is 0 Å². The van der Waals surface area contributed by atoms with Crippen molar-refractivity contribution in [2.75, 3.05) is 20.8 Å². The minimum atomic E-state index is 0.0584. The van der Waals surface area contributed by atoms with Gasteiger partial charge in [0.25, 0.3) is 0 Å². The summed E-state index contributed by atoms with van der Waals surface area (Å²) >= 11 is 0. The van der Waals surface area contributed by atoms with Crippen molar-refractivity contribution in [3.8, 4) is 11.5 Å². The van der Waals surface area contributed by atoms with Gasteiger partial charge >= 0.3 is 0 Å². The maximum absolute atomic E-state index is 5.63. The number of ether oxygens (including phenoxy) is 2. The van der Waals surface area contributed by atoms with Gasteiger partial charge in [-0.15, -0.1) is 0 Å². The van der Waals surface area contributed by atoms with Gasteiger partial charge in [-0.2, -0.15) is 0 Å². The van der Waals surface area contributed by atoms with E-state index in [4.69, 9.17) is 9.47 Å². The first-order valence-corrected chi connectivity index (χ1v) is 7.73. The number of rotatable bonds is 5. The zero-order chi connectivity index (χ0) is 14.4. The van der Waals surface area contributed by atoms with E-state index < -0.39 is 0 Å². The standard InChI is InChI=1S/C17H27NO2/c1-4-10-17(11-6-5-7-12-18-17)15-9-8-14(19-2)13-16(15)20-3/h8-9,13,18H,4-7,10-12H2,1-3H3. The van der Waals surface area contributed by atoms with E-state index in [0.29, 0.717) is 0 Å². The lowest BCUT2D eigenvalue weighted by Crippen LogP contribution is -2.42. The first kappa shape index (κ1) is 15.2. The molecule has 1 unspecified atom stereocenters. The normalized spacial score (nSPS) is 23.1. The molecule has 1 aromatic rings. The minimum absolute atomic E-state index is 0.0584. The minimum Gasteiger partial charge on any atom is -0.497 e. The van der Waals surface area contributed by atoms with Crippen LogP contribution in [-0.4, -0.2) is 20.8 Å². The van der Waals surface area contributed by atoms with Crippen LogP contribution in [0.5, 0.6) is 11.5 Å². The number of hydrogen-bond acceptors (Lipinski definition) is 3. The topological polar surface area (TPSA) is 30.5 Å². The molecule has 0 spiro atoms. The van der Waals surface area contributed by atoms with Crippen LogP contribution >= 0.6 is 0 Å². The first-order valence-electron chi connectivity index (χ1n) is 7.73. The van der Waals surface area contributed by atoms with Crippen molar-refractivity contribution in [3.63, 3.8) is 0 Å². The lowest BCUT2D eigenvalue weighted by atomic mass is 9.81. The Labute approximate surface area is 122 Å². The van der Waals surface area contributed by atoms with E-state index in [1.807, 2.05) is 12.1 Å². The molecule has 0 bridgehead atoms. The molecule has 2 rings (SSSR count). The van der Waals surface area contributed by atoms with Crippen LogP contribution in [0.1, 0.15) is 51.0 Å². The molecule has 1 saturated heterocycles. The molecule has 0 aromatic heterocycles. The Bertz CT molecular complexity index is 423. The highest BCUT2D eigenvalue weighted by atomic mass is 16.5. The highest BCUT2D eigenvalue weighted by molar-refractivity contribution is 5.45. The van der Waals surface area contributed by atoms with Gasteiger partial charge in [-0.3, -0.25) is 0 Å². The third-order valence-corrected chi connectivity index (χ3v) is 4.34.